The van der Waals surface area contributed by atoms with Crippen LogP contribution in [0.5, 0.6) is 5.75 Å². The molecule has 0 aliphatic carbocycles. The van der Waals surface area contributed by atoms with Crippen molar-refractivity contribution in [1.29, 1.82) is 0 Å². The van der Waals surface area contributed by atoms with Crippen LogP contribution in [0.4, 0.5) is 0 Å². The largest absolute Gasteiger partial charge is 0.494 e. The summed E-state index contributed by atoms with van der Waals surface area (Å²) in [5.74, 6) is 0.997. The third-order valence-electron chi connectivity index (χ3n) is 4.33. The Morgan fingerprint density at radius 3 is 2.61 bits per heavy atom. The quantitative estimate of drug-likeness (QED) is 0.590. The number of aromatic amines is 1. The molecule has 0 radical (unpaired) electrons. The summed E-state index contributed by atoms with van der Waals surface area (Å²) in [6.45, 7) is 4.15. The summed E-state index contributed by atoms with van der Waals surface area (Å²) in [6.07, 6.45) is 11.0. The van der Waals surface area contributed by atoms with Crippen molar-refractivity contribution in [2.45, 2.75) is 51.9 Å². The van der Waals surface area contributed by atoms with Gasteiger partial charge in [-0.25, -0.2) is 0 Å². The minimum atomic E-state index is 0.828. The fourth-order valence-corrected chi connectivity index (χ4v) is 2.87. The molecule has 2 aromatic rings. The topological polar surface area (TPSA) is 28.3 Å². The molecule has 1 aromatic heterocycles. The lowest BCUT2D eigenvalue weighted by Gasteiger charge is -2.09. The molecule has 1 N–H and O–H groups in total. The van der Waals surface area contributed by atoms with Crippen molar-refractivity contribution in [3.8, 4) is 5.75 Å². The molecule has 0 aliphatic rings. The second kappa shape index (κ2) is 9.61. The molecule has 0 bridgehead atoms. The number of rotatable bonds is 11. The Kier molecular flexibility index (Phi) is 7.47. The number of nitrogens with zero attached hydrogens (tertiary/aromatic N) is 1. The molecule has 0 fully saturated rings. The van der Waals surface area contributed by atoms with Crippen LogP contribution < -0.4 is 4.74 Å². The number of aromatic nitrogens is 1. The first kappa shape index (κ1) is 17.9. The summed E-state index contributed by atoms with van der Waals surface area (Å²) in [7, 11) is 4.23. The van der Waals surface area contributed by atoms with Gasteiger partial charge in [0.25, 0.3) is 0 Å². The van der Waals surface area contributed by atoms with Crippen molar-refractivity contribution in [2.24, 2.45) is 0 Å². The number of ether oxygens (including phenoxy) is 1. The highest BCUT2D eigenvalue weighted by Crippen LogP contribution is 2.24. The van der Waals surface area contributed by atoms with Gasteiger partial charge in [0.2, 0.25) is 0 Å². The van der Waals surface area contributed by atoms with Crippen molar-refractivity contribution in [3.05, 3.63) is 30.0 Å². The number of likely N-dealkylation sites (N-methyl/N-ethyl adjacent to an activating group) is 1. The minimum absolute atomic E-state index is 0.828. The zero-order chi connectivity index (χ0) is 16.5. The van der Waals surface area contributed by atoms with Crippen LogP contribution in [-0.4, -0.2) is 37.1 Å². The van der Waals surface area contributed by atoms with E-state index in [2.05, 4.69) is 55.3 Å². The summed E-state index contributed by atoms with van der Waals surface area (Å²) in [5, 5.41) is 1.30. The number of H-pyrrole nitrogens is 1. The van der Waals surface area contributed by atoms with Crippen LogP contribution in [0, 0.1) is 0 Å². The van der Waals surface area contributed by atoms with Gasteiger partial charge in [0.15, 0.2) is 0 Å². The zero-order valence-electron chi connectivity index (χ0n) is 15.0. The van der Waals surface area contributed by atoms with E-state index in [0.29, 0.717) is 0 Å². The van der Waals surface area contributed by atoms with Gasteiger partial charge in [0.05, 0.1) is 6.61 Å². The van der Waals surface area contributed by atoms with Crippen LogP contribution in [0.15, 0.2) is 24.4 Å². The molecule has 0 unspecified atom stereocenters. The van der Waals surface area contributed by atoms with Crippen LogP contribution >= 0.6 is 0 Å². The Balaban J connectivity index is 1.83. The standard InChI is InChI=1S/C20H32N2O/c1-4-5-6-7-8-9-14-23-18-10-11-20-19(15-18)17(16-21-20)12-13-22(2)3/h10-11,15-16,21H,4-9,12-14H2,1-3H3. The normalized spacial score (nSPS) is 11.5. The maximum atomic E-state index is 5.95. The van der Waals surface area contributed by atoms with Gasteiger partial charge < -0.3 is 14.6 Å². The lowest BCUT2D eigenvalue weighted by atomic mass is 10.1. The highest BCUT2D eigenvalue weighted by molar-refractivity contribution is 5.84. The molecule has 3 heteroatoms. The molecule has 1 aromatic carbocycles. The highest BCUT2D eigenvalue weighted by Gasteiger charge is 2.06. The highest BCUT2D eigenvalue weighted by atomic mass is 16.5. The first-order valence-electron chi connectivity index (χ1n) is 9.08. The zero-order valence-corrected chi connectivity index (χ0v) is 15.0. The molecule has 0 saturated heterocycles. The van der Waals surface area contributed by atoms with Gasteiger partial charge in [-0.3, -0.25) is 0 Å². The molecule has 0 atom stereocenters. The third-order valence-corrected chi connectivity index (χ3v) is 4.33. The third kappa shape index (κ3) is 5.91. The van der Waals surface area contributed by atoms with Crippen molar-refractivity contribution in [1.82, 2.24) is 9.88 Å². The van der Waals surface area contributed by atoms with Gasteiger partial charge in [-0.2, -0.15) is 0 Å². The maximum Gasteiger partial charge on any atom is 0.120 e. The van der Waals surface area contributed by atoms with E-state index in [4.69, 9.17) is 4.74 Å². The van der Waals surface area contributed by atoms with Crippen molar-refractivity contribution in [2.75, 3.05) is 27.2 Å². The number of hydrogen-bond donors (Lipinski definition) is 1. The Morgan fingerprint density at radius 1 is 1.04 bits per heavy atom. The average molecular weight is 316 g/mol. The van der Waals surface area contributed by atoms with Crippen LogP contribution in [0.3, 0.4) is 0 Å². The maximum absolute atomic E-state index is 5.95. The number of nitrogens with one attached hydrogen (secondary N) is 1. The Hall–Kier alpha value is -1.48. The number of benzene rings is 1. The van der Waals surface area contributed by atoms with Gasteiger partial charge in [-0.05, 0) is 50.7 Å². The SMILES string of the molecule is CCCCCCCCOc1ccc2[nH]cc(CCN(C)C)c2c1. The fraction of sp³-hybridized carbons (Fsp3) is 0.600. The molecule has 0 aliphatic heterocycles. The van der Waals surface area contributed by atoms with E-state index in [9.17, 15) is 0 Å². The molecular formula is C20H32N2O. The molecule has 0 spiro atoms. The van der Waals surface area contributed by atoms with Crippen LogP contribution in [-0.2, 0) is 6.42 Å². The first-order valence-corrected chi connectivity index (χ1v) is 9.08. The molecule has 128 valence electrons. The van der Waals surface area contributed by atoms with Gasteiger partial charge in [-0.1, -0.05) is 39.0 Å². The lowest BCUT2D eigenvalue weighted by molar-refractivity contribution is 0.305. The minimum Gasteiger partial charge on any atom is -0.494 e. The summed E-state index contributed by atoms with van der Waals surface area (Å²) in [5.41, 5.74) is 2.57. The van der Waals surface area contributed by atoms with Crippen molar-refractivity contribution < 1.29 is 4.74 Å². The molecule has 1 heterocycles. The van der Waals surface area contributed by atoms with Crippen LogP contribution in [0.1, 0.15) is 51.0 Å². The Bertz CT molecular complexity index is 574. The number of unbranched alkanes of at least 4 members (excludes halogenated alkanes) is 5. The molecule has 23 heavy (non-hydrogen) atoms. The molecular weight excluding hydrogens is 284 g/mol. The summed E-state index contributed by atoms with van der Waals surface area (Å²) in [6, 6.07) is 6.39. The molecule has 0 saturated carbocycles. The molecule has 3 nitrogen and oxygen atoms in total. The van der Waals surface area contributed by atoms with E-state index in [1.54, 1.807) is 0 Å². The van der Waals surface area contributed by atoms with Crippen molar-refractivity contribution in [3.63, 3.8) is 0 Å². The second-order valence-electron chi connectivity index (χ2n) is 6.69. The smallest absolute Gasteiger partial charge is 0.120 e. The van der Waals surface area contributed by atoms with Gasteiger partial charge in [0.1, 0.15) is 5.75 Å². The van der Waals surface area contributed by atoms with E-state index in [1.165, 1.54) is 48.6 Å². The van der Waals surface area contributed by atoms with E-state index in [1.807, 2.05) is 0 Å². The predicted octanol–water partition coefficient (Wildman–Crippen LogP) is 5.01. The van der Waals surface area contributed by atoms with Gasteiger partial charge in [-0.15, -0.1) is 0 Å². The number of fused-ring (bicyclic) bond motifs is 1. The molecule has 2 rings (SSSR count). The Labute approximate surface area is 141 Å². The first-order chi connectivity index (χ1) is 11.2. The summed E-state index contributed by atoms with van der Waals surface area (Å²) >= 11 is 0. The van der Waals surface area contributed by atoms with E-state index in [-0.39, 0.29) is 0 Å². The van der Waals surface area contributed by atoms with E-state index >= 15 is 0 Å². The number of hydrogen-bond acceptors (Lipinski definition) is 2. The lowest BCUT2D eigenvalue weighted by Crippen LogP contribution is -2.14. The van der Waals surface area contributed by atoms with Crippen molar-refractivity contribution >= 4 is 10.9 Å². The Morgan fingerprint density at radius 2 is 1.83 bits per heavy atom. The van der Waals surface area contributed by atoms with Crippen LogP contribution in [0.2, 0.25) is 0 Å². The summed E-state index contributed by atoms with van der Waals surface area (Å²) in [4.78, 5) is 5.58. The van der Waals surface area contributed by atoms with E-state index < -0.39 is 0 Å². The van der Waals surface area contributed by atoms with Gasteiger partial charge in [0, 0.05) is 23.6 Å². The fourth-order valence-electron chi connectivity index (χ4n) is 2.87. The van der Waals surface area contributed by atoms with Gasteiger partial charge >= 0.3 is 0 Å². The second-order valence-corrected chi connectivity index (χ2v) is 6.69. The monoisotopic (exact) mass is 316 g/mol. The predicted molar refractivity (Wildman–Crippen MR) is 99.4 cm³/mol. The summed E-state index contributed by atoms with van der Waals surface area (Å²) < 4.78 is 5.95. The average Bonchev–Trinajstić information content (AvgIpc) is 2.94. The molecule has 0 amide bonds. The van der Waals surface area contributed by atoms with E-state index in [0.717, 1.165) is 31.7 Å². The van der Waals surface area contributed by atoms with Crippen LogP contribution in [0.25, 0.3) is 10.9 Å².